The molecule has 0 radical (unpaired) electrons. The summed E-state index contributed by atoms with van der Waals surface area (Å²) in [6.07, 6.45) is 2.27. The number of hydrogen-bond acceptors (Lipinski definition) is 6. The fourth-order valence-corrected chi connectivity index (χ4v) is 4.57. The molecule has 0 aromatic heterocycles. The van der Waals surface area contributed by atoms with Crippen LogP contribution in [0.25, 0.3) is 0 Å². The molecule has 2 rings (SSSR count). The molecular weight excluding hydrogens is 412 g/mol. The number of ether oxygens (including phenoxy) is 1. The number of primary amides is 1. The van der Waals surface area contributed by atoms with Gasteiger partial charge in [-0.1, -0.05) is 20.8 Å². The SMILES string of the molecule is COC(=O)CCC(C(N)=O)N1C=C2CC(=O)C(Cl)C(O[Si](C)(C)C(C)(C)C)=C2C1. The third-order valence-electron chi connectivity index (χ3n) is 5.97. The second kappa shape index (κ2) is 8.51. The lowest BCUT2D eigenvalue weighted by Crippen LogP contribution is -2.44. The molecule has 0 fully saturated rings. The number of allylic oxidation sites excluding steroid dienone is 1. The van der Waals surface area contributed by atoms with Crippen molar-refractivity contribution in [3.63, 3.8) is 0 Å². The van der Waals surface area contributed by atoms with Crippen molar-refractivity contribution < 1.29 is 23.5 Å². The zero-order valence-electron chi connectivity index (χ0n) is 18.0. The number of esters is 1. The third kappa shape index (κ3) is 5.03. The molecule has 162 valence electrons. The average Bonchev–Trinajstić information content (AvgIpc) is 3.00. The van der Waals surface area contributed by atoms with Gasteiger partial charge in [-0.2, -0.15) is 0 Å². The van der Waals surface area contributed by atoms with Crippen molar-refractivity contribution in [1.82, 2.24) is 4.90 Å². The predicted molar refractivity (Wildman–Crippen MR) is 114 cm³/mol. The number of hydrogen-bond donors (Lipinski definition) is 1. The topological polar surface area (TPSA) is 98.9 Å². The average molecular weight is 443 g/mol. The molecule has 2 unspecified atom stereocenters. The van der Waals surface area contributed by atoms with E-state index in [1.54, 1.807) is 11.1 Å². The van der Waals surface area contributed by atoms with Crippen LogP contribution in [0, 0.1) is 0 Å². The lowest BCUT2D eigenvalue weighted by molar-refractivity contribution is -0.141. The Morgan fingerprint density at radius 3 is 2.52 bits per heavy atom. The highest BCUT2D eigenvalue weighted by Crippen LogP contribution is 2.43. The fourth-order valence-electron chi connectivity index (χ4n) is 3.14. The Morgan fingerprint density at radius 2 is 2.00 bits per heavy atom. The Morgan fingerprint density at radius 1 is 1.38 bits per heavy atom. The van der Waals surface area contributed by atoms with Crippen LogP contribution in [0.2, 0.25) is 18.1 Å². The van der Waals surface area contributed by atoms with Crippen LogP contribution in [0.3, 0.4) is 0 Å². The van der Waals surface area contributed by atoms with Gasteiger partial charge in [-0.3, -0.25) is 14.4 Å². The van der Waals surface area contributed by atoms with Gasteiger partial charge >= 0.3 is 5.97 Å². The Labute approximate surface area is 178 Å². The van der Waals surface area contributed by atoms with Crippen molar-refractivity contribution in [1.29, 1.82) is 0 Å². The molecule has 0 aromatic rings. The van der Waals surface area contributed by atoms with Crippen molar-refractivity contribution in [2.45, 2.75) is 69.6 Å². The third-order valence-corrected chi connectivity index (χ3v) is 10.8. The molecule has 1 heterocycles. The van der Waals surface area contributed by atoms with E-state index in [0.717, 1.165) is 11.1 Å². The van der Waals surface area contributed by atoms with Crippen LogP contribution < -0.4 is 5.73 Å². The first-order valence-corrected chi connectivity index (χ1v) is 13.0. The smallest absolute Gasteiger partial charge is 0.305 e. The van der Waals surface area contributed by atoms with E-state index in [1.807, 2.05) is 0 Å². The van der Waals surface area contributed by atoms with E-state index in [4.69, 9.17) is 21.8 Å². The maximum absolute atomic E-state index is 12.5. The maximum atomic E-state index is 12.5. The van der Waals surface area contributed by atoms with Crippen molar-refractivity contribution >= 4 is 37.6 Å². The van der Waals surface area contributed by atoms with Crippen molar-refractivity contribution in [3.8, 4) is 0 Å². The molecule has 29 heavy (non-hydrogen) atoms. The summed E-state index contributed by atoms with van der Waals surface area (Å²) in [7, 11) is -0.922. The van der Waals surface area contributed by atoms with Gasteiger partial charge in [0.1, 0.15) is 17.2 Å². The van der Waals surface area contributed by atoms with Gasteiger partial charge in [0.15, 0.2) is 5.78 Å². The highest BCUT2D eigenvalue weighted by Gasteiger charge is 2.44. The van der Waals surface area contributed by atoms with Crippen LogP contribution in [-0.2, 0) is 23.5 Å². The van der Waals surface area contributed by atoms with Gasteiger partial charge in [0.2, 0.25) is 14.2 Å². The second-order valence-electron chi connectivity index (χ2n) is 9.07. The zero-order chi connectivity index (χ0) is 22.1. The van der Waals surface area contributed by atoms with Gasteiger partial charge in [-0.05, 0) is 30.1 Å². The van der Waals surface area contributed by atoms with E-state index >= 15 is 0 Å². The number of methoxy groups -OCH3 is 1. The molecule has 2 atom stereocenters. The second-order valence-corrected chi connectivity index (χ2v) is 14.2. The molecule has 7 nitrogen and oxygen atoms in total. The molecule has 1 aliphatic heterocycles. The molecule has 2 aliphatic rings. The first kappa shape index (κ1) is 23.5. The van der Waals surface area contributed by atoms with Gasteiger partial charge in [-0.15, -0.1) is 11.6 Å². The van der Waals surface area contributed by atoms with Crippen molar-refractivity contribution in [2.75, 3.05) is 13.7 Å². The Hall–Kier alpha value is -1.80. The molecule has 0 spiro atoms. The molecule has 9 heteroatoms. The Balaban J connectivity index is 2.35. The van der Waals surface area contributed by atoms with Gasteiger partial charge in [0, 0.05) is 31.2 Å². The summed E-state index contributed by atoms with van der Waals surface area (Å²) in [5.74, 6) is -0.565. The molecule has 0 saturated heterocycles. The number of fused-ring (bicyclic) bond motifs is 1. The lowest BCUT2D eigenvalue weighted by Gasteiger charge is -2.39. The van der Waals surface area contributed by atoms with Crippen LogP contribution in [0.5, 0.6) is 0 Å². The summed E-state index contributed by atoms with van der Waals surface area (Å²) < 4.78 is 11.1. The normalized spacial score (nSPS) is 20.9. The predicted octanol–water partition coefficient (Wildman–Crippen LogP) is 2.85. The lowest BCUT2D eigenvalue weighted by atomic mass is 9.93. The molecule has 0 bridgehead atoms. The zero-order valence-corrected chi connectivity index (χ0v) is 19.8. The number of Topliss-reactive ketones (excluding diaryl/α,β-unsaturated/α-hetero) is 1. The molecule has 2 N–H and O–H groups in total. The van der Waals surface area contributed by atoms with E-state index in [9.17, 15) is 14.4 Å². The summed E-state index contributed by atoms with van der Waals surface area (Å²) in [5.41, 5.74) is 7.23. The number of ketones is 1. The quantitative estimate of drug-likeness (QED) is 0.369. The highest BCUT2D eigenvalue weighted by atomic mass is 35.5. The van der Waals surface area contributed by atoms with E-state index in [-0.39, 0.29) is 30.1 Å². The number of alkyl halides is 1. The Bertz CT molecular complexity index is 769. The summed E-state index contributed by atoms with van der Waals surface area (Å²) in [6.45, 7) is 10.9. The number of nitrogens with two attached hydrogens (primary N) is 1. The first-order chi connectivity index (χ1) is 13.3. The molecule has 0 saturated carbocycles. The molecule has 1 aliphatic carbocycles. The molecular formula is C20H31ClN2O5Si. The van der Waals surface area contributed by atoms with E-state index in [1.165, 1.54) is 7.11 Å². The largest absolute Gasteiger partial charge is 0.545 e. The minimum atomic E-state index is -2.22. The minimum Gasteiger partial charge on any atom is -0.545 e. The highest BCUT2D eigenvalue weighted by molar-refractivity contribution is 6.74. The number of carbonyl (C=O) groups excluding carboxylic acids is 3. The first-order valence-electron chi connectivity index (χ1n) is 9.70. The van der Waals surface area contributed by atoms with Gasteiger partial charge in [0.05, 0.1) is 7.11 Å². The standard InChI is InChI=1S/C20H31ClN2O5Si/c1-20(2,3)29(5,6)28-18-13-11-23(10-12(13)9-15(24)17(18)21)14(19(22)26)7-8-16(25)27-4/h10,14,17H,7-9,11H2,1-6H3,(H2,22,26). The van der Waals surface area contributed by atoms with E-state index in [2.05, 4.69) is 38.6 Å². The van der Waals surface area contributed by atoms with E-state index in [0.29, 0.717) is 12.3 Å². The van der Waals surface area contributed by atoms with Crippen LogP contribution in [-0.4, -0.2) is 56.0 Å². The van der Waals surface area contributed by atoms with Crippen LogP contribution in [0.15, 0.2) is 23.1 Å². The summed E-state index contributed by atoms with van der Waals surface area (Å²) in [5, 5.41) is -0.894. The van der Waals surface area contributed by atoms with Gasteiger partial charge in [-0.25, -0.2) is 0 Å². The van der Waals surface area contributed by atoms with Crippen LogP contribution >= 0.6 is 11.6 Å². The minimum absolute atomic E-state index is 0.0594. The number of carbonyl (C=O) groups is 3. The van der Waals surface area contributed by atoms with Gasteiger partial charge in [0.25, 0.3) is 0 Å². The van der Waals surface area contributed by atoms with Crippen molar-refractivity contribution in [2.24, 2.45) is 5.73 Å². The number of rotatable bonds is 7. The van der Waals surface area contributed by atoms with Crippen LogP contribution in [0.4, 0.5) is 0 Å². The van der Waals surface area contributed by atoms with Crippen molar-refractivity contribution in [3.05, 3.63) is 23.1 Å². The number of amides is 1. The maximum Gasteiger partial charge on any atom is 0.305 e. The number of nitrogens with zero attached hydrogens (tertiary/aromatic N) is 1. The van der Waals surface area contributed by atoms with E-state index < -0.39 is 31.6 Å². The Kier molecular flexibility index (Phi) is 6.89. The van der Waals surface area contributed by atoms with Gasteiger partial charge < -0.3 is 19.8 Å². The summed E-state index contributed by atoms with van der Waals surface area (Å²) in [6, 6.07) is -0.683. The summed E-state index contributed by atoms with van der Waals surface area (Å²) in [4.78, 5) is 37.8. The fraction of sp³-hybridized carbons (Fsp3) is 0.650. The monoisotopic (exact) mass is 442 g/mol. The molecule has 1 amide bonds. The molecule has 0 aromatic carbocycles. The summed E-state index contributed by atoms with van der Waals surface area (Å²) >= 11 is 6.46. The van der Waals surface area contributed by atoms with Crippen LogP contribution in [0.1, 0.15) is 40.0 Å². The number of halogens is 1.